The molecule has 5 nitrogen and oxygen atoms in total. The van der Waals surface area contributed by atoms with Crippen molar-refractivity contribution in [3.05, 3.63) is 39.3 Å². The first-order valence-corrected chi connectivity index (χ1v) is 7.94. The van der Waals surface area contributed by atoms with E-state index in [-0.39, 0.29) is 12.5 Å². The highest BCUT2D eigenvalue weighted by Crippen LogP contribution is 2.23. The molecule has 112 valence electrons. The lowest BCUT2D eigenvalue weighted by Gasteiger charge is -2.19. The smallest absolute Gasteiger partial charge is 0.240 e. The lowest BCUT2D eigenvalue weighted by atomic mass is 10.2. The Balaban J connectivity index is 1.93. The first-order valence-electron chi connectivity index (χ1n) is 6.30. The maximum Gasteiger partial charge on any atom is 0.240 e. The van der Waals surface area contributed by atoms with Crippen LogP contribution in [0.25, 0.3) is 0 Å². The molecule has 1 aromatic heterocycles. The fourth-order valence-electron chi connectivity index (χ4n) is 1.77. The van der Waals surface area contributed by atoms with Gasteiger partial charge in [0.1, 0.15) is 5.51 Å². The Morgan fingerprint density at radius 2 is 2.19 bits per heavy atom. The number of carbonyl (C=O) groups is 1. The molecule has 0 atom stereocenters. The quantitative estimate of drug-likeness (QED) is 0.873. The van der Waals surface area contributed by atoms with Crippen molar-refractivity contribution in [3.8, 4) is 0 Å². The van der Waals surface area contributed by atoms with Gasteiger partial charge in [0.25, 0.3) is 0 Å². The molecular formula is C13H14Cl2N4OS. The van der Waals surface area contributed by atoms with E-state index in [2.05, 4.69) is 15.5 Å². The summed E-state index contributed by atoms with van der Waals surface area (Å²) in [6.07, 6.45) is 0. The molecule has 0 aliphatic heterocycles. The predicted octanol–water partition coefficient (Wildman–Crippen LogP) is 3.31. The minimum atomic E-state index is -0.117. The second kappa shape index (κ2) is 7.70. The maximum absolute atomic E-state index is 11.9. The van der Waals surface area contributed by atoms with Gasteiger partial charge in [0.05, 0.1) is 16.6 Å². The van der Waals surface area contributed by atoms with Gasteiger partial charge in [-0.2, -0.15) is 0 Å². The fraction of sp³-hybridized carbons (Fsp3) is 0.308. The number of nitrogens with zero attached hydrogens (tertiary/aromatic N) is 3. The van der Waals surface area contributed by atoms with Crippen molar-refractivity contribution < 1.29 is 4.79 Å². The first-order chi connectivity index (χ1) is 10.1. The van der Waals surface area contributed by atoms with Crippen molar-refractivity contribution in [1.29, 1.82) is 0 Å². The Labute approximate surface area is 136 Å². The molecular weight excluding hydrogens is 331 g/mol. The third-order valence-corrected chi connectivity index (χ3v) is 4.16. The summed E-state index contributed by atoms with van der Waals surface area (Å²) in [6, 6.07) is 5.48. The molecule has 0 bridgehead atoms. The summed E-state index contributed by atoms with van der Waals surface area (Å²) in [6.45, 7) is 3.63. The number of rotatable bonds is 6. The van der Waals surface area contributed by atoms with Crippen LogP contribution in [0.1, 0.15) is 12.5 Å². The van der Waals surface area contributed by atoms with Gasteiger partial charge >= 0.3 is 0 Å². The molecule has 0 radical (unpaired) electrons. The third kappa shape index (κ3) is 4.93. The summed E-state index contributed by atoms with van der Waals surface area (Å²) in [4.78, 5) is 13.9. The summed E-state index contributed by atoms with van der Waals surface area (Å²) in [5.74, 6) is -0.117. The Morgan fingerprint density at radius 1 is 1.38 bits per heavy atom. The van der Waals surface area contributed by atoms with Crippen molar-refractivity contribution in [1.82, 2.24) is 15.1 Å². The van der Waals surface area contributed by atoms with Gasteiger partial charge in [0.15, 0.2) is 0 Å². The number of hydrogen-bond donors (Lipinski definition) is 1. The van der Waals surface area contributed by atoms with E-state index < -0.39 is 0 Å². The fourth-order valence-corrected chi connectivity index (χ4v) is 2.55. The second-order valence-electron chi connectivity index (χ2n) is 4.34. The molecule has 0 saturated heterocycles. The third-order valence-electron chi connectivity index (χ3n) is 2.81. The van der Waals surface area contributed by atoms with E-state index in [1.807, 2.05) is 24.0 Å². The lowest BCUT2D eigenvalue weighted by Crippen LogP contribution is -2.32. The molecule has 0 aliphatic carbocycles. The van der Waals surface area contributed by atoms with Crippen molar-refractivity contribution in [2.75, 3.05) is 18.4 Å². The second-order valence-corrected chi connectivity index (χ2v) is 5.99. The van der Waals surface area contributed by atoms with E-state index in [1.165, 1.54) is 11.3 Å². The normalized spacial score (nSPS) is 10.9. The minimum Gasteiger partial charge on any atom is -0.299 e. The number of anilines is 1. The molecule has 21 heavy (non-hydrogen) atoms. The number of benzene rings is 1. The van der Waals surface area contributed by atoms with Gasteiger partial charge in [0.2, 0.25) is 11.0 Å². The molecule has 0 fully saturated rings. The van der Waals surface area contributed by atoms with E-state index in [4.69, 9.17) is 23.2 Å². The standard InChI is InChI=1S/C13H14Cl2N4OS/c1-2-19(6-9-3-4-10(14)11(15)5-9)7-12(20)17-13-18-16-8-21-13/h3-5,8H,2,6-7H2,1H3,(H,17,18,20). The highest BCUT2D eigenvalue weighted by Gasteiger charge is 2.12. The van der Waals surface area contributed by atoms with Crippen LogP contribution in [0.15, 0.2) is 23.7 Å². The molecule has 1 aromatic carbocycles. The van der Waals surface area contributed by atoms with Crippen LogP contribution in [0.4, 0.5) is 5.13 Å². The molecule has 2 aromatic rings. The molecule has 0 aliphatic rings. The summed E-state index contributed by atoms with van der Waals surface area (Å²) in [5, 5.41) is 11.7. The highest BCUT2D eigenvalue weighted by molar-refractivity contribution is 7.13. The summed E-state index contributed by atoms with van der Waals surface area (Å²) < 4.78 is 0. The van der Waals surface area contributed by atoms with Crippen molar-refractivity contribution in [2.24, 2.45) is 0 Å². The average Bonchev–Trinajstić information content (AvgIpc) is 2.94. The number of halogens is 2. The van der Waals surface area contributed by atoms with Crippen molar-refractivity contribution in [3.63, 3.8) is 0 Å². The molecule has 1 heterocycles. The molecule has 0 spiro atoms. The van der Waals surface area contributed by atoms with Gasteiger partial charge in [-0.25, -0.2) is 0 Å². The topological polar surface area (TPSA) is 58.1 Å². The summed E-state index contributed by atoms with van der Waals surface area (Å²) in [7, 11) is 0. The Kier molecular flexibility index (Phi) is 5.93. The predicted molar refractivity (Wildman–Crippen MR) is 86.0 cm³/mol. The van der Waals surface area contributed by atoms with Crippen LogP contribution >= 0.6 is 34.5 Å². The first kappa shape index (κ1) is 16.2. The van der Waals surface area contributed by atoms with Crippen LogP contribution in [0, 0.1) is 0 Å². The monoisotopic (exact) mass is 344 g/mol. The average molecular weight is 345 g/mol. The van der Waals surface area contributed by atoms with Crippen molar-refractivity contribution in [2.45, 2.75) is 13.5 Å². The largest absolute Gasteiger partial charge is 0.299 e. The molecule has 1 N–H and O–H groups in total. The van der Waals surface area contributed by atoms with Gasteiger partial charge in [-0.05, 0) is 24.2 Å². The minimum absolute atomic E-state index is 0.117. The Morgan fingerprint density at radius 3 is 2.81 bits per heavy atom. The van der Waals surface area contributed by atoms with Crippen molar-refractivity contribution >= 4 is 45.6 Å². The zero-order valence-corrected chi connectivity index (χ0v) is 13.7. The van der Waals surface area contributed by atoms with Gasteiger partial charge in [-0.1, -0.05) is 47.5 Å². The van der Waals surface area contributed by atoms with Crippen LogP contribution in [-0.4, -0.2) is 34.1 Å². The Hall–Kier alpha value is -1.21. The number of hydrogen-bond acceptors (Lipinski definition) is 5. The van der Waals surface area contributed by atoms with Crippen LogP contribution in [0.3, 0.4) is 0 Å². The SMILES string of the molecule is CCN(CC(=O)Nc1nncs1)Cc1ccc(Cl)c(Cl)c1. The van der Waals surface area contributed by atoms with E-state index >= 15 is 0 Å². The van der Waals surface area contributed by atoms with E-state index in [0.29, 0.717) is 21.7 Å². The zero-order valence-electron chi connectivity index (χ0n) is 11.3. The number of amides is 1. The number of carbonyl (C=O) groups excluding carboxylic acids is 1. The Bertz CT molecular complexity index is 606. The summed E-state index contributed by atoms with van der Waals surface area (Å²) >= 11 is 13.2. The molecule has 2 rings (SSSR count). The number of nitrogens with one attached hydrogen (secondary N) is 1. The zero-order chi connectivity index (χ0) is 15.2. The highest BCUT2D eigenvalue weighted by atomic mass is 35.5. The van der Waals surface area contributed by atoms with Crippen LogP contribution in [0.2, 0.25) is 10.0 Å². The van der Waals surface area contributed by atoms with Crippen LogP contribution < -0.4 is 5.32 Å². The van der Waals surface area contributed by atoms with Crippen LogP contribution in [-0.2, 0) is 11.3 Å². The molecule has 8 heteroatoms. The van der Waals surface area contributed by atoms with Gasteiger partial charge in [-0.3, -0.25) is 15.0 Å². The van der Waals surface area contributed by atoms with Crippen LogP contribution in [0.5, 0.6) is 0 Å². The van der Waals surface area contributed by atoms with E-state index in [0.717, 1.165) is 12.1 Å². The van der Waals surface area contributed by atoms with E-state index in [1.54, 1.807) is 11.6 Å². The van der Waals surface area contributed by atoms with Gasteiger partial charge in [0, 0.05) is 6.54 Å². The molecule has 0 saturated carbocycles. The van der Waals surface area contributed by atoms with Gasteiger partial charge < -0.3 is 0 Å². The number of likely N-dealkylation sites (N-methyl/N-ethyl adjacent to an activating group) is 1. The lowest BCUT2D eigenvalue weighted by molar-refractivity contribution is -0.117. The van der Waals surface area contributed by atoms with E-state index in [9.17, 15) is 4.79 Å². The number of aromatic nitrogens is 2. The summed E-state index contributed by atoms with van der Waals surface area (Å²) in [5.41, 5.74) is 2.58. The van der Waals surface area contributed by atoms with Gasteiger partial charge in [-0.15, -0.1) is 10.2 Å². The maximum atomic E-state index is 11.9. The molecule has 0 unspecified atom stereocenters. The molecule has 1 amide bonds.